The summed E-state index contributed by atoms with van der Waals surface area (Å²) in [4.78, 5) is 24.4. The van der Waals surface area contributed by atoms with Crippen molar-refractivity contribution in [2.75, 3.05) is 7.11 Å². The Balaban J connectivity index is 2.01. The molecule has 0 aliphatic heterocycles. The number of carbonyl (C=O) groups is 2. The molecule has 4 nitrogen and oxygen atoms in total. The molecular formula is C20H31NO3. The number of ether oxygens (including phenoxy) is 1. The molecule has 0 aromatic rings. The molecule has 0 aromatic carbocycles. The van der Waals surface area contributed by atoms with Crippen molar-refractivity contribution >= 4 is 11.9 Å². The Hall–Kier alpha value is -1.58. The van der Waals surface area contributed by atoms with Gasteiger partial charge in [0, 0.05) is 11.6 Å². The summed E-state index contributed by atoms with van der Waals surface area (Å²) in [5, 5.41) is 3.07. The van der Waals surface area contributed by atoms with Crippen LogP contribution in [-0.4, -0.2) is 19.0 Å². The minimum Gasteiger partial charge on any atom is -0.469 e. The smallest absolute Gasteiger partial charge is 0.312 e. The molecule has 24 heavy (non-hydrogen) atoms. The summed E-state index contributed by atoms with van der Waals surface area (Å²) >= 11 is 0. The summed E-state index contributed by atoms with van der Waals surface area (Å²) in [5.74, 6) is 0.648. The largest absolute Gasteiger partial charge is 0.469 e. The Morgan fingerprint density at radius 2 is 2.04 bits per heavy atom. The maximum Gasteiger partial charge on any atom is 0.312 e. The zero-order chi connectivity index (χ0) is 17.9. The van der Waals surface area contributed by atoms with Crippen molar-refractivity contribution in [3.05, 3.63) is 23.9 Å². The molecule has 0 radical (unpaired) electrons. The van der Waals surface area contributed by atoms with Gasteiger partial charge >= 0.3 is 5.97 Å². The second-order valence-corrected chi connectivity index (χ2v) is 8.29. The number of hydrogen-bond donors (Lipinski definition) is 1. The van der Waals surface area contributed by atoms with Gasteiger partial charge in [0.15, 0.2) is 0 Å². The maximum atomic E-state index is 12.9. The van der Waals surface area contributed by atoms with Crippen LogP contribution in [0.5, 0.6) is 0 Å². The van der Waals surface area contributed by atoms with Crippen LogP contribution in [0, 0.1) is 29.1 Å². The van der Waals surface area contributed by atoms with Crippen LogP contribution in [0.3, 0.4) is 0 Å². The van der Waals surface area contributed by atoms with E-state index in [-0.39, 0.29) is 29.1 Å². The van der Waals surface area contributed by atoms with E-state index in [4.69, 9.17) is 4.74 Å². The third-order valence-corrected chi connectivity index (χ3v) is 5.51. The molecule has 0 spiro atoms. The molecular weight excluding hydrogens is 302 g/mol. The third-order valence-electron chi connectivity index (χ3n) is 5.51. The number of allylic oxidation sites excluding steroid dienone is 2. The van der Waals surface area contributed by atoms with Crippen LogP contribution in [0.1, 0.15) is 53.4 Å². The highest BCUT2D eigenvalue weighted by Crippen LogP contribution is 2.44. The molecule has 2 aliphatic carbocycles. The van der Waals surface area contributed by atoms with Crippen molar-refractivity contribution in [3.8, 4) is 0 Å². The number of rotatable bonds is 4. The van der Waals surface area contributed by atoms with E-state index in [1.807, 2.05) is 18.2 Å². The first-order valence-electron chi connectivity index (χ1n) is 9.00. The minimum absolute atomic E-state index is 0.0568. The summed E-state index contributed by atoms with van der Waals surface area (Å²) in [7, 11) is 1.40. The van der Waals surface area contributed by atoms with Crippen molar-refractivity contribution in [2.45, 2.75) is 53.4 Å². The van der Waals surface area contributed by atoms with Crippen LogP contribution < -0.4 is 5.32 Å². The third kappa shape index (κ3) is 4.49. The molecule has 1 N–H and O–H groups in total. The standard InChI is InChI=1S/C20H31NO3/c1-13(2)16-10-11-20(3,4)12-17(16)18(22)21-15-8-6-14(7-9-15)19(23)24-5/h6,8-9,13-14,16-17H,7,10-12H2,1-5H3,(H,21,22). The molecule has 2 rings (SSSR count). The molecule has 2 aliphatic rings. The summed E-state index contributed by atoms with van der Waals surface area (Å²) in [6.07, 6.45) is 9.35. The van der Waals surface area contributed by atoms with E-state index in [0.29, 0.717) is 18.3 Å². The molecule has 0 saturated heterocycles. The molecule has 0 heterocycles. The molecule has 3 atom stereocenters. The highest BCUT2D eigenvalue weighted by molar-refractivity contribution is 5.82. The lowest BCUT2D eigenvalue weighted by Gasteiger charge is -2.41. The number of esters is 1. The predicted molar refractivity (Wildman–Crippen MR) is 94.9 cm³/mol. The molecule has 1 saturated carbocycles. The first kappa shape index (κ1) is 18.8. The Labute approximate surface area is 145 Å². The minimum atomic E-state index is -0.243. The van der Waals surface area contributed by atoms with Crippen molar-refractivity contribution in [1.82, 2.24) is 5.32 Å². The van der Waals surface area contributed by atoms with Gasteiger partial charge in [-0.05, 0) is 49.0 Å². The highest BCUT2D eigenvalue weighted by atomic mass is 16.5. The summed E-state index contributed by atoms with van der Waals surface area (Å²) in [5.41, 5.74) is 1.02. The number of carbonyl (C=O) groups excluding carboxylic acids is 2. The lowest BCUT2D eigenvalue weighted by Crippen LogP contribution is -2.42. The number of nitrogens with one attached hydrogen (secondary N) is 1. The monoisotopic (exact) mass is 333 g/mol. The SMILES string of the molecule is COC(=O)C1C=CC(NC(=O)C2CC(C)(C)CCC2C(C)C)=CC1. The van der Waals surface area contributed by atoms with Gasteiger partial charge in [-0.3, -0.25) is 9.59 Å². The van der Waals surface area contributed by atoms with Crippen LogP contribution in [0.25, 0.3) is 0 Å². The van der Waals surface area contributed by atoms with E-state index in [0.717, 1.165) is 18.5 Å². The fraction of sp³-hybridized carbons (Fsp3) is 0.700. The van der Waals surface area contributed by atoms with Crippen LogP contribution in [-0.2, 0) is 14.3 Å². The summed E-state index contributed by atoms with van der Waals surface area (Å²) < 4.78 is 4.76. The van der Waals surface area contributed by atoms with Gasteiger partial charge in [0.2, 0.25) is 5.91 Å². The lowest BCUT2D eigenvalue weighted by atomic mass is 9.64. The first-order valence-corrected chi connectivity index (χ1v) is 9.00. The maximum absolute atomic E-state index is 12.9. The first-order chi connectivity index (χ1) is 11.2. The molecule has 3 unspecified atom stereocenters. The second kappa shape index (κ2) is 7.54. The molecule has 0 aromatic heterocycles. The van der Waals surface area contributed by atoms with Crippen LogP contribution in [0.15, 0.2) is 23.9 Å². The van der Waals surface area contributed by atoms with Crippen molar-refractivity contribution in [3.63, 3.8) is 0 Å². The highest BCUT2D eigenvalue weighted by Gasteiger charge is 2.40. The Morgan fingerprint density at radius 1 is 1.33 bits per heavy atom. The topological polar surface area (TPSA) is 55.4 Å². The summed E-state index contributed by atoms with van der Waals surface area (Å²) in [6.45, 7) is 8.93. The summed E-state index contributed by atoms with van der Waals surface area (Å²) in [6, 6.07) is 0. The van der Waals surface area contributed by atoms with Crippen LogP contribution in [0.4, 0.5) is 0 Å². The van der Waals surface area contributed by atoms with E-state index in [2.05, 4.69) is 33.0 Å². The van der Waals surface area contributed by atoms with Gasteiger partial charge in [-0.1, -0.05) is 39.8 Å². The average Bonchev–Trinajstić information content (AvgIpc) is 2.53. The molecule has 134 valence electrons. The fourth-order valence-electron chi connectivity index (χ4n) is 3.97. The zero-order valence-corrected chi connectivity index (χ0v) is 15.6. The van der Waals surface area contributed by atoms with Gasteiger partial charge in [-0.2, -0.15) is 0 Å². The predicted octanol–water partition coefficient (Wildman–Crippen LogP) is 3.83. The fourth-order valence-corrected chi connectivity index (χ4v) is 3.97. The van der Waals surface area contributed by atoms with Crippen LogP contribution in [0.2, 0.25) is 0 Å². The van der Waals surface area contributed by atoms with Gasteiger partial charge in [0.1, 0.15) is 0 Å². The van der Waals surface area contributed by atoms with Gasteiger partial charge in [-0.15, -0.1) is 0 Å². The van der Waals surface area contributed by atoms with Gasteiger partial charge in [-0.25, -0.2) is 0 Å². The lowest BCUT2D eigenvalue weighted by molar-refractivity contribution is -0.143. The second-order valence-electron chi connectivity index (χ2n) is 8.29. The van der Waals surface area contributed by atoms with E-state index in [1.54, 1.807) is 0 Å². The quantitative estimate of drug-likeness (QED) is 0.795. The molecule has 0 bridgehead atoms. The van der Waals surface area contributed by atoms with Gasteiger partial charge in [0.05, 0.1) is 13.0 Å². The number of amides is 1. The Kier molecular flexibility index (Phi) is 5.89. The van der Waals surface area contributed by atoms with E-state index < -0.39 is 0 Å². The molecule has 1 amide bonds. The van der Waals surface area contributed by atoms with Crippen molar-refractivity contribution in [1.29, 1.82) is 0 Å². The molecule has 1 fully saturated rings. The van der Waals surface area contributed by atoms with Crippen LogP contribution >= 0.6 is 0 Å². The van der Waals surface area contributed by atoms with Gasteiger partial charge < -0.3 is 10.1 Å². The normalized spacial score (nSPS) is 29.1. The Bertz CT molecular complexity index is 545. The zero-order valence-electron chi connectivity index (χ0n) is 15.6. The van der Waals surface area contributed by atoms with Gasteiger partial charge in [0.25, 0.3) is 0 Å². The average molecular weight is 333 g/mol. The number of methoxy groups -OCH3 is 1. The van der Waals surface area contributed by atoms with E-state index in [1.165, 1.54) is 13.5 Å². The Morgan fingerprint density at radius 3 is 2.58 bits per heavy atom. The van der Waals surface area contributed by atoms with Crippen molar-refractivity contribution < 1.29 is 14.3 Å². The van der Waals surface area contributed by atoms with E-state index in [9.17, 15) is 9.59 Å². The van der Waals surface area contributed by atoms with E-state index >= 15 is 0 Å². The van der Waals surface area contributed by atoms with Crippen molar-refractivity contribution in [2.24, 2.45) is 29.1 Å². The molecule has 4 heteroatoms. The number of hydrogen-bond acceptors (Lipinski definition) is 3.